The minimum absolute atomic E-state index is 0.123. The molecule has 0 aromatic rings. The molecule has 0 aromatic heterocycles. The molecule has 15 nitrogen and oxygen atoms in total. The highest BCUT2D eigenvalue weighted by Crippen LogP contribution is 2.66. The highest BCUT2D eigenvalue weighted by molar-refractivity contribution is 8.77. The second kappa shape index (κ2) is 19.1. The zero-order valence-corrected chi connectivity index (χ0v) is 26.9. The van der Waals surface area contributed by atoms with Crippen LogP contribution in [0.15, 0.2) is 0 Å². The maximum atomic E-state index is 12.1. The van der Waals surface area contributed by atoms with Gasteiger partial charge < -0.3 is 40.1 Å². The third kappa shape index (κ3) is 18.8. The van der Waals surface area contributed by atoms with Crippen LogP contribution in [0.3, 0.4) is 0 Å². The first kappa shape index (κ1) is 37.8. The van der Waals surface area contributed by atoms with Crippen LogP contribution in [0.2, 0.25) is 0 Å². The van der Waals surface area contributed by atoms with Crippen molar-refractivity contribution in [2.24, 2.45) is 5.73 Å². The molecule has 1 aliphatic rings. The first-order valence-electron chi connectivity index (χ1n) is 11.1. The fourth-order valence-electron chi connectivity index (χ4n) is 2.88. The number of carbonyl (C=O) groups excluding carboxylic acids is 1. The van der Waals surface area contributed by atoms with Gasteiger partial charge in [0.15, 0.2) is 0 Å². The van der Waals surface area contributed by atoms with E-state index < -0.39 is 48.3 Å². The van der Waals surface area contributed by atoms with E-state index in [2.05, 4.69) is 25.7 Å². The van der Waals surface area contributed by atoms with Crippen LogP contribution >= 0.6 is 66.6 Å². The Balaban J connectivity index is 2.62. The Hall–Kier alpha value is 0.785. The SMILES string of the molecule is CSS[C@H](C)O[C@@H]1C[C@H](BC#CCNC(=O)CCSSCCN)OC1COP(=O)(O)OP(=O)(O)OP(=O)(O)O. The van der Waals surface area contributed by atoms with Crippen molar-refractivity contribution in [3.8, 4) is 11.7 Å². The number of phosphoric ester groups is 1. The number of nitrogens with two attached hydrogens (primary N) is 1. The van der Waals surface area contributed by atoms with Crippen molar-refractivity contribution in [1.29, 1.82) is 0 Å². The van der Waals surface area contributed by atoms with Crippen molar-refractivity contribution in [3.63, 3.8) is 0 Å². The zero-order valence-electron chi connectivity index (χ0n) is 21.0. The molecule has 3 unspecified atom stereocenters. The van der Waals surface area contributed by atoms with Gasteiger partial charge in [0.05, 0.1) is 19.3 Å². The Morgan fingerprint density at radius 2 is 1.87 bits per heavy atom. The smallest absolute Gasteiger partial charge is 0.377 e. The summed E-state index contributed by atoms with van der Waals surface area (Å²) in [7, 11) is -10.1. The molecule has 0 radical (unpaired) electrons. The molecule has 1 fully saturated rings. The van der Waals surface area contributed by atoms with Crippen LogP contribution in [0.5, 0.6) is 0 Å². The molecule has 0 saturated carbocycles. The molecule has 1 aliphatic heterocycles. The molecule has 1 heterocycles. The first-order valence-corrected chi connectivity index (χ1v) is 20.7. The number of hydrogen-bond acceptors (Lipinski definition) is 14. The van der Waals surface area contributed by atoms with Gasteiger partial charge in [-0.15, -0.1) is 0 Å². The van der Waals surface area contributed by atoms with E-state index in [1.165, 1.54) is 21.6 Å². The summed E-state index contributed by atoms with van der Waals surface area (Å²) in [6.07, 6.45) is 1.06. The number of rotatable bonds is 19. The minimum atomic E-state index is -5.63. The number of hydrogen-bond donors (Lipinski definition) is 6. The largest absolute Gasteiger partial charge is 0.490 e. The number of nitrogens with one attached hydrogen (secondary N) is 1. The Morgan fingerprint density at radius 1 is 1.18 bits per heavy atom. The van der Waals surface area contributed by atoms with Gasteiger partial charge in [0, 0.05) is 30.5 Å². The van der Waals surface area contributed by atoms with Gasteiger partial charge in [-0.25, -0.2) is 13.7 Å². The summed E-state index contributed by atoms with van der Waals surface area (Å²) < 4.78 is 58.3. The maximum Gasteiger partial charge on any atom is 0.490 e. The molecule has 0 bridgehead atoms. The highest BCUT2D eigenvalue weighted by atomic mass is 33.1. The minimum Gasteiger partial charge on any atom is -0.377 e. The summed E-state index contributed by atoms with van der Waals surface area (Å²) in [5.74, 6) is 7.10. The van der Waals surface area contributed by atoms with Gasteiger partial charge in [0.2, 0.25) is 13.2 Å². The molecular formula is C16H32BN2O13P3S4. The normalized spacial score (nSPS) is 23.2. The predicted molar refractivity (Wildman–Crippen MR) is 155 cm³/mol. The summed E-state index contributed by atoms with van der Waals surface area (Å²) in [6.45, 7) is 1.92. The first-order chi connectivity index (χ1) is 18.2. The van der Waals surface area contributed by atoms with Crippen molar-refractivity contribution < 1.29 is 60.7 Å². The van der Waals surface area contributed by atoms with Crippen LogP contribution in [-0.2, 0) is 41.1 Å². The van der Waals surface area contributed by atoms with Gasteiger partial charge in [0.25, 0.3) is 0 Å². The number of carbonyl (C=O) groups is 1. The van der Waals surface area contributed by atoms with Gasteiger partial charge in [-0.3, -0.25) is 9.32 Å². The average molecular weight is 692 g/mol. The fraction of sp³-hybridized carbons (Fsp3) is 0.812. The molecule has 1 saturated heterocycles. The maximum absolute atomic E-state index is 12.1. The standard InChI is InChI=1S/C16H32BN2O13P3S4/c1-12(39-36-2)29-13-10-15(17-5-3-7-19-16(20)4-8-37-38-9-6-18)30-14(13)11-28-34(24,25)32-35(26,27)31-33(21,22)23/h12-15,17H,4,6-11,18H2,1-2H3,(H,19,20)(H,24,25)(H,26,27)(H2,21,22,23)/t12-,13-,14?,15-/m1/s1. The molecule has 1 rings (SSSR count). The third-order valence-electron chi connectivity index (χ3n) is 4.22. The fourth-order valence-corrected chi connectivity index (χ4v) is 9.16. The lowest BCUT2D eigenvalue weighted by Crippen LogP contribution is -2.30. The molecule has 0 aromatic carbocycles. The van der Waals surface area contributed by atoms with E-state index in [1.807, 2.05) is 6.26 Å². The molecule has 23 heteroatoms. The van der Waals surface area contributed by atoms with E-state index in [0.717, 1.165) is 5.75 Å². The number of amides is 1. The summed E-state index contributed by atoms with van der Waals surface area (Å²) in [5.41, 5.74) is 5.12. The van der Waals surface area contributed by atoms with Crippen LogP contribution in [0.25, 0.3) is 0 Å². The van der Waals surface area contributed by atoms with E-state index in [9.17, 15) is 28.3 Å². The van der Waals surface area contributed by atoms with E-state index in [1.54, 1.807) is 28.5 Å². The van der Waals surface area contributed by atoms with E-state index in [4.69, 9.17) is 29.5 Å². The Labute approximate surface area is 243 Å². The van der Waals surface area contributed by atoms with Gasteiger partial charge in [0.1, 0.15) is 11.5 Å². The molecule has 6 atom stereocenters. The van der Waals surface area contributed by atoms with Crippen molar-refractivity contribution >= 4 is 79.8 Å². The van der Waals surface area contributed by atoms with Gasteiger partial charge in [-0.05, 0) is 19.6 Å². The molecule has 39 heavy (non-hydrogen) atoms. The van der Waals surface area contributed by atoms with Crippen LogP contribution in [-0.4, -0.2) is 93.9 Å². The quantitative estimate of drug-likeness (QED) is 0.0281. The summed E-state index contributed by atoms with van der Waals surface area (Å²) in [5, 5.41) is 2.70. The average Bonchev–Trinajstić information content (AvgIpc) is 3.16. The van der Waals surface area contributed by atoms with E-state index >= 15 is 0 Å². The third-order valence-corrected chi connectivity index (χ3v) is 12.4. The molecule has 7 N–H and O–H groups in total. The van der Waals surface area contributed by atoms with Crippen LogP contribution in [0.1, 0.15) is 19.8 Å². The van der Waals surface area contributed by atoms with Gasteiger partial charge in [-0.2, -0.15) is 14.4 Å². The lowest BCUT2D eigenvalue weighted by Gasteiger charge is -2.23. The topological polar surface area (TPSA) is 233 Å². The molecule has 0 spiro atoms. The second-order valence-corrected chi connectivity index (χ2v) is 17.3. The summed E-state index contributed by atoms with van der Waals surface area (Å²) in [6, 6.07) is -0.449. The van der Waals surface area contributed by atoms with Crippen LogP contribution < -0.4 is 11.1 Å². The van der Waals surface area contributed by atoms with Gasteiger partial charge in [-0.1, -0.05) is 49.1 Å². The number of ether oxygens (including phenoxy) is 2. The zero-order chi connectivity index (χ0) is 29.5. The van der Waals surface area contributed by atoms with Crippen molar-refractivity contribution in [1.82, 2.24) is 5.32 Å². The van der Waals surface area contributed by atoms with Crippen molar-refractivity contribution in [2.45, 2.75) is 43.4 Å². The Morgan fingerprint density at radius 3 is 2.51 bits per heavy atom. The molecular weight excluding hydrogens is 660 g/mol. The van der Waals surface area contributed by atoms with E-state index in [0.29, 0.717) is 25.1 Å². The highest BCUT2D eigenvalue weighted by Gasteiger charge is 2.43. The summed E-state index contributed by atoms with van der Waals surface area (Å²) >= 11 is 0. The Bertz CT molecular complexity index is 971. The lowest BCUT2D eigenvalue weighted by molar-refractivity contribution is -0.120. The number of phosphoric acid groups is 3. The lowest BCUT2D eigenvalue weighted by atomic mass is 9.71. The molecule has 0 aliphatic carbocycles. The van der Waals surface area contributed by atoms with Crippen LogP contribution in [0, 0.1) is 11.7 Å². The second-order valence-electron chi connectivity index (χ2n) is 7.44. The molecule has 1 amide bonds. The van der Waals surface area contributed by atoms with Crippen LogP contribution in [0.4, 0.5) is 0 Å². The van der Waals surface area contributed by atoms with E-state index in [-0.39, 0.29) is 25.2 Å². The van der Waals surface area contributed by atoms with Crippen molar-refractivity contribution in [2.75, 3.05) is 37.5 Å². The van der Waals surface area contributed by atoms with Gasteiger partial charge >= 0.3 is 23.5 Å². The summed E-state index contributed by atoms with van der Waals surface area (Å²) in [4.78, 5) is 48.1. The molecule has 226 valence electrons. The Kier molecular flexibility index (Phi) is 18.6. The van der Waals surface area contributed by atoms with Crippen molar-refractivity contribution in [3.05, 3.63) is 0 Å². The monoisotopic (exact) mass is 692 g/mol. The predicted octanol–water partition coefficient (Wildman–Crippen LogP) is 1.43.